The summed E-state index contributed by atoms with van der Waals surface area (Å²) in [7, 11) is 0. The van der Waals surface area contributed by atoms with Crippen LogP contribution in [0.25, 0.3) is 10.8 Å². The SMILES string of the molecule is NCC1Cc2cccc3cccc(c23)C1. The third-order valence-electron chi connectivity index (χ3n) is 3.43. The lowest BCUT2D eigenvalue weighted by Crippen LogP contribution is -2.22. The van der Waals surface area contributed by atoms with Crippen LogP contribution >= 0.6 is 0 Å². The maximum atomic E-state index is 5.79. The van der Waals surface area contributed by atoms with Crippen LogP contribution < -0.4 is 5.73 Å². The Morgan fingerprint density at radius 2 is 1.60 bits per heavy atom. The zero-order valence-electron chi connectivity index (χ0n) is 8.74. The van der Waals surface area contributed by atoms with Crippen LogP contribution in [0.1, 0.15) is 11.1 Å². The smallest absolute Gasteiger partial charge is 0.00425 e. The molecule has 0 bridgehead atoms. The van der Waals surface area contributed by atoms with Crippen molar-refractivity contribution >= 4 is 10.8 Å². The van der Waals surface area contributed by atoms with E-state index in [0.29, 0.717) is 5.92 Å². The zero-order chi connectivity index (χ0) is 10.3. The molecule has 1 heteroatoms. The van der Waals surface area contributed by atoms with Gasteiger partial charge in [-0.15, -0.1) is 0 Å². The summed E-state index contributed by atoms with van der Waals surface area (Å²) in [5, 5.41) is 2.85. The summed E-state index contributed by atoms with van der Waals surface area (Å²) in [4.78, 5) is 0. The second kappa shape index (κ2) is 3.35. The Hall–Kier alpha value is -1.34. The van der Waals surface area contributed by atoms with Gasteiger partial charge < -0.3 is 5.73 Å². The van der Waals surface area contributed by atoms with Gasteiger partial charge in [-0.1, -0.05) is 36.4 Å². The minimum Gasteiger partial charge on any atom is -0.330 e. The number of nitrogens with two attached hydrogens (primary N) is 1. The van der Waals surface area contributed by atoms with Crippen LogP contribution in [0.2, 0.25) is 0 Å². The molecule has 15 heavy (non-hydrogen) atoms. The highest BCUT2D eigenvalue weighted by Gasteiger charge is 2.18. The predicted octanol–water partition coefficient (Wildman–Crippen LogP) is 2.51. The first-order valence-corrected chi connectivity index (χ1v) is 5.58. The molecule has 0 spiro atoms. The summed E-state index contributed by atoms with van der Waals surface area (Å²) in [5.74, 6) is 0.630. The van der Waals surface area contributed by atoms with Gasteiger partial charge in [0.1, 0.15) is 0 Å². The normalized spacial score (nSPS) is 15.8. The summed E-state index contributed by atoms with van der Waals surface area (Å²) in [5.41, 5.74) is 8.74. The van der Waals surface area contributed by atoms with Gasteiger partial charge in [-0.3, -0.25) is 0 Å². The molecule has 0 unspecified atom stereocenters. The molecule has 0 aliphatic heterocycles. The number of hydrogen-bond donors (Lipinski definition) is 1. The lowest BCUT2D eigenvalue weighted by atomic mass is 9.82. The first-order valence-electron chi connectivity index (χ1n) is 5.58. The van der Waals surface area contributed by atoms with Crippen molar-refractivity contribution in [3.8, 4) is 0 Å². The number of hydrogen-bond acceptors (Lipinski definition) is 1. The molecule has 2 aromatic rings. The average Bonchev–Trinajstić information content (AvgIpc) is 2.29. The van der Waals surface area contributed by atoms with E-state index in [0.717, 1.165) is 19.4 Å². The van der Waals surface area contributed by atoms with Gasteiger partial charge in [0, 0.05) is 0 Å². The third-order valence-corrected chi connectivity index (χ3v) is 3.43. The molecule has 3 rings (SSSR count). The van der Waals surface area contributed by atoms with Gasteiger partial charge in [-0.05, 0) is 47.2 Å². The van der Waals surface area contributed by atoms with Crippen molar-refractivity contribution in [2.24, 2.45) is 11.7 Å². The van der Waals surface area contributed by atoms with E-state index in [4.69, 9.17) is 5.73 Å². The predicted molar refractivity (Wildman–Crippen MR) is 63.9 cm³/mol. The van der Waals surface area contributed by atoms with Gasteiger partial charge in [0.05, 0.1) is 0 Å². The molecule has 1 aliphatic carbocycles. The second-order valence-corrected chi connectivity index (χ2v) is 4.44. The summed E-state index contributed by atoms with van der Waals surface area (Å²) in [6.45, 7) is 0.796. The molecule has 2 aromatic carbocycles. The second-order valence-electron chi connectivity index (χ2n) is 4.44. The van der Waals surface area contributed by atoms with Crippen molar-refractivity contribution in [3.05, 3.63) is 47.5 Å². The van der Waals surface area contributed by atoms with Crippen molar-refractivity contribution < 1.29 is 0 Å². The first kappa shape index (κ1) is 8.93. The highest BCUT2D eigenvalue weighted by molar-refractivity contribution is 5.89. The van der Waals surface area contributed by atoms with E-state index >= 15 is 0 Å². The molecule has 1 aliphatic rings. The fraction of sp³-hybridized carbons (Fsp3) is 0.286. The number of rotatable bonds is 1. The Balaban J connectivity index is 2.27. The van der Waals surface area contributed by atoms with E-state index < -0.39 is 0 Å². The van der Waals surface area contributed by atoms with Crippen LogP contribution in [0.4, 0.5) is 0 Å². The molecule has 0 radical (unpaired) electrons. The van der Waals surface area contributed by atoms with Gasteiger partial charge in [0.2, 0.25) is 0 Å². The molecule has 0 saturated carbocycles. The van der Waals surface area contributed by atoms with Gasteiger partial charge in [-0.2, -0.15) is 0 Å². The topological polar surface area (TPSA) is 26.0 Å². The lowest BCUT2D eigenvalue weighted by Gasteiger charge is -2.23. The molecule has 0 heterocycles. The Morgan fingerprint density at radius 1 is 1.00 bits per heavy atom. The molecular weight excluding hydrogens is 182 g/mol. The fourth-order valence-corrected chi connectivity index (χ4v) is 2.70. The molecule has 0 saturated heterocycles. The first-order chi connectivity index (χ1) is 7.38. The Labute approximate surface area is 89.9 Å². The average molecular weight is 197 g/mol. The quantitative estimate of drug-likeness (QED) is 0.747. The fourth-order valence-electron chi connectivity index (χ4n) is 2.70. The Kier molecular flexibility index (Phi) is 2.00. The van der Waals surface area contributed by atoms with Crippen molar-refractivity contribution in [2.75, 3.05) is 6.54 Å². The zero-order valence-corrected chi connectivity index (χ0v) is 8.74. The maximum Gasteiger partial charge on any atom is -0.00425 e. The molecule has 76 valence electrons. The van der Waals surface area contributed by atoms with Crippen LogP contribution in [0.5, 0.6) is 0 Å². The van der Waals surface area contributed by atoms with Gasteiger partial charge >= 0.3 is 0 Å². The largest absolute Gasteiger partial charge is 0.330 e. The molecule has 0 fully saturated rings. The Bertz CT molecular complexity index is 461. The third kappa shape index (κ3) is 1.35. The molecule has 0 amide bonds. The minimum absolute atomic E-state index is 0.630. The van der Waals surface area contributed by atoms with Gasteiger partial charge in [-0.25, -0.2) is 0 Å². The van der Waals surface area contributed by atoms with Crippen LogP contribution in [-0.2, 0) is 12.8 Å². The molecular formula is C14H15N. The molecule has 1 nitrogen and oxygen atoms in total. The van der Waals surface area contributed by atoms with Crippen molar-refractivity contribution in [2.45, 2.75) is 12.8 Å². The summed E-state index contributed by atoms with van der Waals surface area (Å²) in [6.07, 6.45) is 2.29. The summed E-state index contributed by atoms with van der Waals surface area (Å²) < 4.78 is 0. The van der Waals surface area contributed by atoms with Crippen LogP contribution in [-0.4, -0.2) is 6.54 Å². The van der Waals surface area contributed by atoms with Gasteiger partial charge in [0.25, 0.3) is 0 Å². The maximum absolute atomic E-state index is 5.79. The highest BCUT2D eigenvalue weighted by Crippen LogP contribution is 2.31. The monoisotopic (exact) mass is 197 g/mol. The molecule has 0 aromatic heterocycles. The van der Waals surface area contributed by atoms with Crippen LogP contribution in [0, 0.1) is 5.92 Å². The summed E-state index contributed by atoms with van der Waals surface area (Å²) >= 11 is 0. The lowest BCUT2D eigenvalue weighted by molar-refractivity contribution is 0.527. The van der Waals surface area contributed by atoms with E-state index in [-0.39, 0.29) is 0 Å². The van der Waals surface area contributed by atoms with E-state index in [1.807, 2.05) is 0 Å². The van der Waals surface area contributed by atoms with Crippen molar-refractivity contribution in [1.82, 2.24) is 0 Å². The standard InChI is InChI=1S/C14H15N/c15-9-10-7-12-5-1-3-11-4-2-6-13(8-10)14(11)12/h1-6,10H,7-9,15H2. The van der Waals surface area contributed by atoms with Crippen molar-refractivity contribution in [1.29, 1.82) is 0 Å². The van der Waals surface area contributed by atoms with Crippen molar-refractivity contribution in [3.63, 3.8) is 0 Å². The molecule has 0 atom stereocenters. The van der Waals surface area contributed by atoms with Crippen LogP contribution in [0.3, 0.4) is 0 Å². The minimum atomic E-state index is 0.630. The van der Waals surface area contributed by atoms with E-state index in [2.05, 4.69) is 36.4 Å². The Morgan fingerprint density at radius 3 is 2.13 bits per heavy atom. The van der Waals surface area contributed by atoms with E-state index in [1.54, 1.807) is 0 Å². The van der Waals surface area contributed by atoms with Gasteiger partial charge in [0.15, 0.2) is 0 Å². The number of benzene rings is 2. The van der Waals surface area contributed by atoms with Crippen LogP contribution in [0.15, 0.2) is 36.4 Å². The van der Waals surface area contributed by atoms with E-state index in [1.165, 1.54) is 21.9 Å². The molecule has 2 N–H and O–H groups in total. The summed E-state index contributed by atoms with van der Waals surface area (Å²) in [6, 6.07) is 13.2. The van der Waals surface area contributed by atoms with E-state index in [9.17, 15) is 0 Å². The highest BCUT2D eigenvalue weighted by atomic mass is 14.5.